The van der Waals surface area contributed by atoms with Crippen molar-refractivity contribution >= 4 is 17.9 Å². The van der Waals surface area contributed by atoms with Crippen LogP contribution >= 0.6 is 11.8 Å². The van der Waals surface area contributed by atoms with Crippen molar-refractivity contribution < 1.29 is 19.7 Å². The van der Waals surface area contributed by atoms with Gasteiger partial charge < -0.3 is 20.3 Å². The molecule has 0 unspecified atom stereocenters. The Morgan fingerprint density at radius 1 is 1.50 bits per heavy atom. The fraction of sp³-hybridized carbons (Fsp3) is 0.900. The van der Waals surface area contributed by atoms with E-state index in [1.807, 2.05) is 0 Å². The molecule has 96 valence electrons. The van der Waals surface area contributed by atoms with Crippen LogP contribution in [0.5, 0.6) is 0 Å². The molecule has 0 saturated carbocycles. The Morgan fingerprint density at radius 2 is 2.12 bits per heavy atom. The van der Waals surface area contributed by atoms with Crippen LogP contribution in [0.25, 0.3) is 0 Å². The quantitative estimate of drug-likeness (QED) is 0.602. The maximum absolute atomic E-state index is 11.2. The first-order chi connectivity index (χ1) is 7.35. The maximum Gasteiger partial charge on any atom is 0.407 e. The van der Waals surface area contributed by atoms with Gasteiger partial charge in [0.05, 0.1) is 12.7 Å². The largest absolute Gasteiger partial charge is 0.444 e. The van der Waals surface area contributed by atoms with E-state index in [4.69, 9.17) is 14.9 Å². The average molecular weight is 251 g/mol. The van der Waals surface area contributed by atoms with Gasteiger partial charge in [-0.15, -0.1) is 0 Å². The lowest BCUT2D eigenvalue weighted by atomic mass is 10.2. The van der Waals surface area contributed by atoms with Crippen LogP contribution in [0.15, 0.2) is 0 Å². The zero-order valence-electron chi connectivity index (χ0n) is 10.0. The van der Waals surface area contributed by atoms with E-state index in [0.29, 0.717) is 18.1 Å². The fourth-order valence-electron chi connectivity index (χ4n) is 0.812. The van der Waals surface area contributed by atoms with Crippen LogP contribution < -0.4 is 5.32 Å². The number of ether oxygens (including phenoxy) is 1. The summed E-state index contributed by atoms with van der Waals surface area (Å²) in [4.78, 5) is 11.2. The van der Waals surface area contributed by atoms with Crippen molar-refractivity contribution in [1.29, 1.82) is 0 Å². The molecule has 3 N–H and O–H groups in total. The van der Waals surface area contributed by atoms with E-state index in [0.717, 1.165) is 0 Å². The van der Waals surface area contributed by atoms with E-state index in [9.17, 15) is 4.79 Å². The van der Waals surface area contributed by atoms with Gasteiger partial charge in [0.2, 0.25) is 0 Å². The standard InChI is InChI=1S/C10H21NO4S/c1-10(2,3)15-9(14)11-4-5-16-7-8(13)6-12/h8,12-13H,4-7H2,1-3H3,(H,11,14)/t8-/m1/s1. The summed E-state index contributed by atoms with van der Waals surface area (Å²) in [6.07, 6.45) is -1.12. The molecule has 0 aliphatic heterocycles. The van der Waals surface area contributed by atoms with Crippen LogP contribution in [0.2, 0.25) is 0 Å². The number of alkyl carbamates (subject to hydrolysis) is 1. The van der Waals surface area contributed by atoms with Gasteiger partial charge in [0.25, 0.3) is 0 Å². The summed E-state index contributed by atoms with van der Waals surface area (Å²) in [5, 5.41) is 20.2. The maximum atomic E-state index is 11.2. The lowest BCUT2D eigenvalue weighted by molar-refractivity contribution is 0.0531. The summed E-state index contributed by atoms with van der Waals surface area (Å²) >= 11 is 1.47. The first-order valence-corrected chi connectivity index (χ1v) is 6.34. The first-order valence-electron chi connectivity index (χ1n) is 5.18. The van der Waals surface area contributed by atoms with Crippen molar-refractivity contribution in [2.24, 2.45) is 0 Å². The summed E-state index contributed by atoms with van der Waals surface area (Å²) < 4.78 is 5.04. The SMILES string of the molecule is CC(C)(C)OC(=O)NCCSC[C@H](O)CO. The normalized spacial score (nSPS) is 13.3. The number of carbonyl (C=O) groups is 1. The molecule has 0 bridgehead atoms. The zero-order chi connectivity index (χ0) is 12.6. The Kier molecular flexibility index (Phi) is 7.53. The van der Waals surface area contributed by atoms with Crippen LogP contribution in [0, 0.1) is 0 Å². The lowest BCUT2D eigenvalue weighted by Crippen LogP contribution is -2.33. The predicted molar refractivity (Wildman–Crippen MR) is 64.7 cm³/mol. The summed E-state index contributed by atoms with van der Waals surface area (Å²) in [5.41, 5.74) is -0.482. The molecule has 1 atom stereocenters. The highest BCUT2D eigenvalue weighted by Crippen LogP contribution is 2.06. The molecule has 0 spiro atoms. The van der Waals surface area contributed by atoms with Crippen molar-refractivity contribution in [3.8, 4) is 0 Å². The smallest absolute Gasteiger partial charge is 0.407 e. The van der Waals surface area contributed by atoms with Gasteiger partial charge in [-0.05, 0) is 20.8 Å². The highest BCUT2D eigenvalue weighted by atomic mass is 32.2. The summed E-state index contributed by atoms with van der Waals surface area (Å²) in [6, 6.07) is 0. The average Bonchev–Trinajstić information content (AvgIpc) is 2.14. The van der Waals surface area contributed by atoms with Crippen molar-refractivity contribution in [3.63, 3.8) is 0 Å². The molecule has 0 aromatic rings. The topological polar surface area (TPSA) is 78.8 Å². The van der Waals surface area contributed by atoms with Gasteiger partial charge in [-0.3, -0.25) is 0 Å². The third-order valence-corrected chi connectivity index (χ3v) is 2.55. The monoisotopic (exact) mass is 251 g/mol. The zero-order valence-corrected chi connectivity index (χ0v) is 10.8. The van der Waals surface area contributed by atoms with Crippen LogP contribution in [0.1, 0.15) is 20.8 Å². The number of rotatable bonds is 6. The van der Waals surface area contributed by atoms with Crippen molar-refractivity contribution in [2.45, 2.75) is 32.5 Å². The van der Waals surface area contributed by atoms with Crippen molar-refractivity contribution in [2.75, 3.05) is 24.7 Å². The molecule has 0 aromatic carbocycles. The van der Waals surface area contributed by atoms with Crippen LogP contribution in [-0.4, -0.2) is 52.7 Å². The predicted octanol–water partition coefficient (Wildman–Crippen LogP) is 0.597. The Bertz CT molecular complexity index is 205. The molecule has 0 saturated heterocycles. The van der Waals surface area contributed by atoms with Gasteiger partial charge in [0.15, 0.2) is 0 Å². The van der Waals surface area contributed by atoms with E-state index in [2.05, 4.69) is 5.32 Å². The molecule has 0 aliphatic rings. The van der Waals surface area contributed by atoms with Gasteiger partial charge in [0, 0.05) is 18.1 Å². The Morgan fingerprint density at radius 3 is 2.62 bits per heavy atom. The number of hydrogen-bond acceptors (Lipinski definition) is 5. The Balaban J connectivity index is 3.42. The molecular formula is C10H21NO4S. The van der Waals surface area contributed by atoms with Gasteiger partial charge in [-0.1, -0.05) is 0 Å². The second-order valence-corrected chi connectivity index (χ2v) is 5.49. The molecule has 16 heavy (non-hydrogen) atoms. The number of nitrogens with one attached hydrogen (secondary N) is 1. The van der Waals surface area contributed by atoms with E-state index in [1.165, 1.54) is 11.8 Å². The number of thioether (sulfide) groups is 1. The molecule has 6 heteroatoms. The number of hydrogen-bond donors (Lipinski definition) is 3. The second kappa shape index (κ2) is 7.76. The lowest BCUT2D eigenvalue weighted by Gasteiger charge is -2.19. The Hall–Kier alpha value is -0.460. The molecule has 0 aliphatic carbocycles. The minimum atomic E-state index is -0.688. The molecular weight excluding hydrogens is 230 g/mol. The number of carbonyl (C=O) groups excluding carboxylic acids is 1. The van der Waals surface area contributed by atoms with Crippen molar-refractivity contribution in [3.05, 3.63) is 0 Å². The highest BCUT2D eigenvalue weighted by Gasteiger charge is 2.15. The van der Waals surface area contributed by atoms with Crippen molar-refractivity contribution in [1.82, 2.24) is 5.32 Å². The van der Waals surface area contributed by atoms with Crippen LogP contribution in [0.3, 0.4) is 0 Å². The summed E-state index contributed by atoms with van der Waals surface area (Å²) in [6.45, 7) is 5.67. The summed E-state index contributed by atoms with van der Waals surface area (Å²) in [5.74, 6) is 1.14. The van der Waals surface area contributed by atoms with E-state index >= 15 is 0 Å². The number of aliphatic hydroxyl groups is 2. The highest BCUT2D eigenvalue weighted by molar-refractivity contribution is 7.99. The minimum Gasteiger partial charge on any atom is -0.444 e. The third kappa shape index (κ3) is 10.1. The fourth-order valence-corrected chi connectivity index (χ4v) is 1.60. The van der Waals surface area contributed by atoms with Gasteiger partial charge in [-0.25, -0.2) is 4.79 Å². The summed E-state index contributed by atoms with van der Waals surface area (Å²) in [7, 11) is 0. The molecule has 1 amide bonds. The third-order valence-electron chi connectivity index (χ3n) is 1.44. The Labute approximate surface area is 101 Å². The molecule has 5 nitrogen and oxygen atoms in total. The molecule has 0 heterocycles. The van der Waals surface area contributed by atoms with Crippen LogP contribution in [0.4, 0.5) is 4.79 Å². The number of amides is 1. The van der Waals surface area contributed by atoms with Gasteiger partial charge in [0.1, 0.15) is 5.60 Å². The van der Waals surface area contributed by atoms with E-state index in [-0.39, 0.29) is 6.61 Å². The minimum absolute atomic E-state index is 0.230. The number of aliphatic hydroxyl groups excluding tert-OH is 2. The van der Waals surface area contributed by atoms with E-state index in [1.54, 1.807) is 20.8 Å². The van der Waals surface area contributed by atoms with E-state index < -0.39 is 17.8 Å². The molecule has 0 rings (SSSR count). The van der Waals surface area contributed by atoms with Crippen LogP contribution in [-0.2, 0) is 4.74 Å². The molecule has 0 radical (unpaired) electrons. The molecule has 0 aromatic heterocycles. The molecule has 0 fully saturated rings. The second-order valence-electron chi connectivity index (χ2n) is 4.34. The first kappa shape index (κ1) is 15.5. The van der Waals surface area contributed by atoms with Gasteiger partial charge >= 0.3 is 6.09 Å². The van der Waals surface area contributed by atoms with Gasteiger partial charge in [-0.2, -0.15) is 11.8 Å².